The third-order valence-electron chi connectivity index (χ3n) is 3.40. The van der Waals surface area contributed by atoms with Crippen LogP contribution in [0.4, 0.5) is 4.39 Å². The maximum atomic E-state index is 13.9. The number of thiophene rings is 1. The highest BCUT2D eigenvalue weighted by molar-refractivity contribution is 7.12. The Hall–Kier alpha value is -1.39. The molecular formula is C16H20FNOS. The number of hydrogen-bond donors (Lipinski definition) is 1. The van der Waals surface area contributed by atoms with Crippen LogP contribution in [-0.2, 0) is 6.54 Å². The molecule has 0 bridgehead atoms. The summed E-state index contributed by atoms with van der Waals surface area (Å²) in [5, 5.41) is 3.37. The molecule has 1 unspecified atom stereocenters. The van der Waals surface area contributed by atoms with Crippen LogP contribution in [0.2, 0.25) is 0 Å². The van der Waals surface area contributed by atoms with Gasteiger partial charge in [-0.05, 0) is 38.5 Å². The van der Waals surface area contributed by atoms with Crippen LogP contribution in [0.3, 0.4) is 0 Å². The number of nitrogens with one attached hydrogen (secondary N) is 1. The summed E-state index contributed by atoms with van der Waals surface area (Å²) in [5.74, 6) is 0.311. The molecule has 4 heteroatoms. The lowest BCUT2D eigenvalue weighted by molar-refractivity contribution is 0.410. The van der Waals surface area contributed by atoms with E-state index in [1.807, 2.05) is 0 Å². The Bertz CT molecular complexity index is 594. The Balaban J connectivity index is 2.03. The van der Waals surface area contributed by atoms with Gasteiger partial charge in [0.15, 0.2) is 0 Å². The van der Waals surface area contributed by atoms with Crippen LogP contribution in [0, 0.1) is 19.7 Å². The fourth-order valence-electron chi connectivity index (χ4n) is 2.25. The van der Waals surface area contributed by atoms with Crippen molar-refractivity contribution in [2.24, 2.45) is 0 Å². The van der Waals surface area contributed by atoms with E-state index in [-0.39, 0.29) is 11.9 Å². The summed E-state index contributed by atoms with van der Waals surface area (Å²) in [6.07, 6.45) is 0. The van der Waals surface area contributed by atoms with Crippen LogP contribution < -0.4 is 10.1 Å². The Labute approximate surface area is 123 Å². The highest BCUT2D eigenvalue weighted by Crippen LogP contribution is 2.26. The predicted molar refractivity (Wildman–Crippen MR) is 82.0 cm³/mol. The Kier molecular flexibility index (Phi) is 4.78. The molecule has 0 saturated carbocycles. The highest BCUT2D eigenvalue weighted by Gasteiger charge is 2.12. The number of rotatable bonds is 5. The number of methoxy groups -OCH3 is 1. The van der Waals surface area contributed by atoms with Crippen molar-refractivity contribution in [2.45, 2.75) is 33.4 Å². The second-order valence-electron chi connectivity index (χ2n) is 4.93. The summed E-state index contributed by atoms with van der Waals surface area (Å²) in [6, 6.07) is 7.37. The summed E-state index contributed by atoms with van der Waals surface area (Å²) in [4.78, 5) is 2.62. The first-order valence-corrected chi connectivity index (χ1v) is 7.45. The molecule has 0 fully saturated rings. The van der Waals surface area contributed by atoms with Crippen molar-refractivity contribution < 1.29 is 9.13 Å². The Morgan fingerprint density at radius 3 is 2.60 bits per heavy atom. The Morgan fingerprint density at radius 2 is 2.05 bits per heavy atom. The van der Waals surface area contributed by atoms with Crippen molar-refractivity contribution >= 4 is 11.3 Å². The number of ether oxygens (including phenoxy) is 1. The molecule has 1 aromatic heterocycles. The minimum absolute atomic E-state index is 0.210. The predicted octanol–water partition coefficient (Wildman–Crippen LogP) is 4.36. The van der Waals surface area contributed by atoms with E-state index in [2.05, 4.69) is 32.2 Å². The maximum absolute atomic E-state index is 13.9. The highest BCUT2D eigenvalue weighted by atomic mass is 32.1. The molecule has 2 nitrogen and oxygen atoms in total. The van der Waals surface area contributed by atoms with Gasteiger partial charge >= 0.3 is 0 Å². The number of benzene rings is 1. The van der Waals surface area contributed by atoms with Gasteiger partial charge in [0, 0.05) is 34.0 Å². The van der Waals surface area contributed by atoms with Crippen LogP contribution in [0.15, 0.2) is 24.3 Å². The van der Waals surface area contributed by atoms with Gasteiger partial charge in [-0.1, -0.05) is 6.07 Å². The van der Waals surface area contributed by atoms with Crippen LogP contribution >= 0.6 is 11.3 Å². The maximum Gasteiger partial charge on any atom is 0.131 e. The minimum Gasteiger partial charge on any atom is -0.497 e. The van der Waals surface area contributed by atoms with E-state index in [9.17, 15) is 4.39 Å². The molecule has 0 aliphatic rings. The van der Waals surface area contributed by atoms with Crippen LogP contribution in [0.5, 0.6) is 5.75 Å². The second kappa shape index (κ2) is 6.37. The van der Waals surface area contributed by atoms with Crippen molar-refractivity contribution in [2.75, 3.05) is 7.11 Å². The number of hydrogen-bond acceptors (Lipinski definition) is 3. The normalized spacial score (nSPS) is 12.4. The standard InChI is InChI=1S/C16H20FNOS/c1-10-7-15(12(3)20-10)11(2)18-9-13-5-6-14(19-4)8-16(13)17/h5-8,11,18H,9H2,1-4H3. The zero-order valence-electron chi connectivity index (χ0n) is 12.3. The quantitative estimate of drug-likeness (QED) is 0.884. The first kappa shape index (κ1) is 15.0. The molecular weight excluding hydrogens is 273 g/mol. The molecule has 1 heterocycles. The average molecular weight is 293 g/mol. The summed E-state index contributed by atoms with van der Waals surface area (Å²) in [7, 11) is 1.54. The SMILES string of the molecule is COc1ccc(CNC(C)c2cc(C)sc2C)c(F)c1. The fraction of sp³-hybridized carbons (Fsp3) is 0.375. The zero-order chi connectivity index (χ0) is 14.7. The molecule has 20 heavy (non-hydrogen) atoms. The average Bonchev–Trinajstić information content (AvgIpc) is 2.76. The molecule has 1 N–H and O–H groups in total. The lowest BCUT2D eigenvalue weighted by Crippen LogP contribution is -2.19. The Morgan fingerprint density at radius 1 is 1.30 bits per heavy atom. The first-order valence-electron chi connectivity index (χ1n) is 6.64. The molecule has 0 aliphatic heterocycles. The summed E-state index contributed by atoms with van der Waals surface area (Å²) < 4.78 is 18.9. The van der Waals surface area contributed by atoms with Gasteiger partial charge in [0.2, 0.25) is 0 Å². The van der Waals surface area contributed by atoms with Gasteiger partial charge in [0.1, 0.15) is 11.6 Å². The first-order chi connectivity index (χ1) is 9.51. The molecule has 2 rings (SSSR count). The van der Waals surface area contributed by atoms with Crippen LogP contribution in [0.1, 0.15) is 33.8 Å². The van der Waals surface area contributed by atoms with E-state index in [1.54, 1.807) is 23.5 Å². The molecule has 0 saturated heterocycles. The van der Waals surface area contributed by atoms with Gasteiger partial charge in [0.05, 0.1) is 7.11 Å². The van der Waals surface area contributed by atoms with E-state index < -0.39 is 0 Å². The smallest absolute Gasteiger partial charge is 0.131 e. The van der Waals surface area contributed by atoms with Crippen LogP contribution in [0.25, 0.3) is 0 Å². The lowest BCUT2D eigenvalue weighted by atomic mass is 10.1. The number of aryl methyl sites for hydroxylation is 2. The molecule has 0 radical (unpaired) electrons. The van der Waals surface area contributed by atoms with Gasteiger partial charge in [-0.25, -0.2) is 4.39 Å². The van der Waals surface area contributed by atoms with Crippen molar-refractivity contribution in [1.29, 1.82) is 0 Å². The van der Waals surface area contributed by atoms with Gasteiger partial charge in [-0.2, -0.15) is 0 Å². The second-order valence-corrected chi connectivity index (χ2v) is 6.39. The van der Waals surface area contributed by atoms with Crippen LogP contribution in [-0.4, -0.2) is 7.11 Å². The molecule has 2 aromatic rings. The summed E-state index contributed by atoms with van der Waals surface area (Å²) >= 11 is 1.80. The monoisotopic (exact) mass is 293 g/mol. The summed E-state index contributed by atoms with van der Waals surface area (Å²) in [5.41, 5.74) is 1.95. The molecule has 0 amide bonds. The van der Waals surface area contributed by atoms with Crippen molar-refractivity contribution in [1.82, 2.24) is 5.32 Å². The van der Waals surface area contributed by atoms with Crippen molar-refractivity contribution in [3.05, 3.63) is 51.0 Å². The summed E-state index contributed by atoms with van der Waals surface area (Å²) in [6.45, 7) is 6.84. The third kappa shape index (κ3) is 3.38. The molecule has 0 aliphatic carbocycles. The van der Waals surface area contributed by atoms with E-state index in [1.165, 1.54) is 28.5 Å². The molecule has 1 aromatic carbocycles. The van der Waals surface area contributed by atoms with Gasteiger partial charge < -0.3 is 10.1 Å². The molecule has 1 atom stereocenters. The minimum atomic E-state index is -0.234. The van der Waals surface area contributed by atoms with E-state index >= 15 is 0 Å². The van der Waals surface area contributed by atoms with E-state index in [0.29, 0.717) is 17.9 Å². The van der Waals surface area contributed by atoms with Crippen molar-refractivity contribution in [3.8, 4) is 5.75 Å². The lowest BCUT2D eigenvalue weighted by Gasteiger charge is -2.14. The van der Waals surface area contributed by atoms with Gasteiger partial charge in [-0.15, -0.1) is 11.3 Å². The van der Waals surface area contributed by atoms with E-state index in [0.717, 1.165) is 0 Å². The fourth-order valence-corrected chi connectivity index (χ4v) is 3.27. The largest absolute Gasteiger partial charge is 0.497 e. The van der Waals surface area contributed by atoms with E-state index in [4.69, 9.17) is 4.74 Å². The number of halogens is 1. The zero-order valence-corrected chi connectivity index (χ0v) is 13.1. The third-order valence-corrected chi connectivity index (χ3v) is 4.39. The van der Waals surface area contributed by atoms with Gasteiger partial charge in [0.25, 0.3) is 0 Å². The van der Waals surface area contributed by atoms with Gasteiger partial charge in [-0.3, -0.25) is 0 Å². The molecule has 108 valence electrons. The topological polar surface area (TPSA) is 21.3 Å². The molecule has 0 spiro atoms. The van der Waals surface area contributed by atoms with Crippen molar-refractivity contribution in [3.63, 3.8) is 0 Å².